The zero-order valence-electron chi connectivity index (χ0n) is 12.5. The maximum absolute atomic E-state index is 13.8. The van der Waals surface area contributed by atoms with Gasteiger partial charge in [-0.25, -0.2) is 9.37 Å². The highest BCUT2D eigenvalue weighted by atomic mass is 79.9. The van der Waals surface area contributed by atoms with Crippen LogP contribution in [0.2, 0.25) is 0 Å². The molecule has 0 spiro atoms. The fourth-order valence-corrected chi connectivity index (χ4v) is 2.30. The first kappa shape index (κ1) is 16.2. The lowest BCUT2D eigenvalue weighted by molar-refractivity contribution is 0.412. The molecular weight excluding hydrogens is 335 g/mol. The molecule has 3 nitrogen and oxygen atoms in total. The first-order valence-corrected chi connectivity index (χ1v) is 7.79. The molecule has 1 aromatic heterocycles. The van der Waals surface area contributed by atoms with Gasteiger partial charge in [0.05, 0.1) is 11.8 Å². The standard InChI is InChI=1S/C16H20BrFN2O/c1-16(2,3)20-8-4-5-15-19-10-14(21-15)12-9-11(17)6-7-13(12)18/h6-7,9-10,20H,4-5,8H2,1-3H3. The van der Waals surface area contributed by atoms with E-state index in [1.165, 1.54) is 6.07 Å². The number of oxazole rings is 1. The number of nitrogens with zero attached hydrogens (tertiary/aromatic N) is 1. The van der Waals surface area contributed by atoms with Crippen molar-refractivity contribution in [3.8, 4) is 11.3 Å². The topological polar surface area (TPSA) is 38.1 Å². The van der Waals surface area contributed by atoms with Crippen LogP contribution in [0, 0.1) is 5.82 Å². The zero-order chi connectivity index (χ0) is 15.5. The molecular formula is C16H20BrFN2O. The number of aryl methyl sites for hydroxylation is 1. The molecule has 2 aromatic rings. The van der Waals surface area contributed by atoms with Gasteiger partial charge >= 0.3 is 0 Å². The maximum Gasteiger partial charge on any atom is 0.194 e. The minimum absolute atomic E-state index is 0.112. The fourth-order valence-electron chi connectivity index (χ4n) is 1.94. The molecule has 0 radical (unpaired) electrons. The molecule has 0 aliphatic carbocycles. The molecule has 1 N–H and O–H groups in total. The van der Waals surface area contributed by atoms with Crippen molar-refractivity contribution in [2.75, 3.05) is 6.54 Å². The van der Waals surface area contributed by atoms with Gasteiger partial charge in [0.2, 0.25) is 0 Å². The molecule has 5 heteroatoms. The van der Waals surface area contributed by atoms with Crippen LogP contribution in [0.1, 0.15) is 33.1 Å². The van der Waals surface area contributed by atoms with Gasteiger partial charge in [0.1, 0.15) is 5.82 Å². The van der Waals surface area contributed by atoms with Crippen molar-refractivity contribution in [2.24, 2.45) is 0 Å². The Morgan fingerprint density at radius 1 is 1.33 bits per heavy atom. The number of hydrogen-bond acceptors (Lipinski definition) is 3. The third-order valence-corrected chi connectivity index (χ3v) is 3.46. The maximum atomic E-state index is 13.8. The highest BCUT2D eigenvalue weighted by molar-refractivity contribution is 9.10. The molecule has 1 heterocycles. The highest BCUT2D eigenvalue weighted by Gasteiger charge is 2.12. The van der Waals surface area contributed by atoms with Crippen molar-refractivity contribution in [2.45, 2.75) is 39.2 Å². The minimum Gasteiger partial charge on any atom is -0.441 e. The first-order chi connectivity index (χ1) is 9.85. The number of nitrogens with one attached hydrogen (secondary N) is 1. The number of benzene rings is 1. The fraction of sp³-hybridized carbons (Fsp3) is 0.438. The van der Waals surface area contributed by atoms with Crippen LogP contribution in [-0.4, -0.2) is 17.1 Å². The van der Waals surface area contributed by atoms with Gasteiger partial charge in [0.15, 0.2) is 11.7 Å². The summed E-state index contributed by atoms with van der Waals surface area (Å²) in [6.07, 6.45) is 3.24. The lowest BCUT2D eigenvalue weighted by atomic mass is 10.1. The van der Waals surface area contributed by atoms with Gasteiger partial charge in [-0.3, -0.25) is 0 Å². The van der Waals surface area contributed by atoms with Gasteiger partial charge in [-0.15, -0.1) is 0 Å². The zero-order valence-corrected chi connectivity index (χ0v) is 14.1. The van der Waals surface area contributed by atoms with Gasteiger partial charge in [0, 0.05) is 16.4 Å². The Hall–Kier alpha value is -1.20. The largest absolute Gasteiger partial charge is 0.441 e. The lowest BCUT2D eigenvalue weighted by Gasteiger charge is -2.20. The minimum atomic E-state index is -0.310. The van der Waals surface area contributed by atoms with Crippen molar-refractivity contribution in [1.29, 1.82) is 0 Å². The average molecular weight is 355 g/mol. The monoisotopic (exact) mass is 354 g/mol. The van der Waals surface area contributed by atoms with E-state index in [4.69, 9.17) is 4.42 Å². The molecule has 0 saturated heterocycles. The van der Waals surface area contributed by atoms with Crippen LogP contribution in [0.3, 0.4) is 0 Å². The van der Waals surface area contributed by atoms with E-state index in [2.05, 4.69) is 47.0 Å². The Morgan fingerprint density at radius 3 is 2.81 bits per heavy atom. The molecule has 0 fully saturated rings. The summed E-state index contributed by atoms with van der Waals surface area (Å²) >= 11 is 3.33. The Kier molecular flexibility index (Phi) is 5.17. The summed E-state index contributed by atoms with van der Waals surface area (Å²) in [6, 6.07) is 4.77. The summed E-state index contributed by atoms with van der Waals surface area (Å²) in [5.41, 5.74) is 0.539. The van der Waals surface area contributed by atoms with Crippen LogP contribution in [0.25, 0.3) is 11.3 Å². The van der Waals surface area contributed by atoms with Crippen LogP contribution >= 0.6 is 15.9 Å². The van der Waals surface area contributed by atoms with Crippen molar-refractivity contribution in [3.63, 3.8) is 0 Å². The van der Waals surface area contributed by atoms with E-state index < -0.39 is 0 Å². The van der Waals surface area contributed by atoms with Gasteiger partial charge in [-0.05, 0) is 51.9 Å². The normalized spacial score (nSPS) is 11.9. The SMILES string of the molecule is CC(C)(C)NCCCc1ncc(-c2cc(Br)ccc2F)o1. The first-order valence-electron chi connectivity index (χ1n) is 7.00. The summed E-state index contributed by atoms with van der Waals surface area (Å²) in [7, 11) is 0. The quantitative estimate of drug-likeness (QED) is 0.799. The van der Waals surface area contributed by atoms with E-state index in [9.17, 15) is 4.39 Å². The Bertz CT molecular complexity index is 605. The van der Waals surface area contributed by atoms with Crippen molar-refractivity contribution >= 4 is 15.9 Å². The second kappa shape index (κ2) is 6.71. The molecule has 114 valence electrons. The summed E-state index contributed by atoms with van der Waals surface area (Å²) in [5, 5.41) is 3.41. The van der Waals surface area contributed by atoms with E-state index in [0.717, 1.165) is 23.9 Å². The van der Waals surface area contributed by atoms with E-state index in [1.54, 1.807) is 18.3 Å². The molecule has 0 amide bonds. The van der Waals surface area contributed by atoms with Gasteiger partial charge < -0.3 is 9.73 Å². The van der Waals surface area contributed by atoms with Crippen LogP contribution in [-0.2, 0) is 6.42 Å². The molecule has 0 saturated carbocycles. The third kappa shape index (κ3) is 4.93. The molecule has 0 atom stereocenters. The third-order valence-electron chi connectivity index (χ3n) is 2.97. The molecule has 0 bridgehead atoms. The smallest absolute Gasteiger partial charge is 0.194 e. The second-order valence-electron chi connectivity index (χ2n) is 6.02. The summed E-state index contributed by atoms with van der Waals surface area (Å²) in [5.74, 6) is 0.794. The predicted molar refractivity (Wildman–Crippen MR) is 85.7 cm³/mol. The van der Waals surface area contributed by atoms with Crippen molar-refractivity contribution in [3.05, 3.63) is 40.6 Å². The van der Waals surface area contributed by atoms with E-state index in [1.807, 2.05) is 0 Å². The molecule has 2 rings (SSSR count). The van der Waals surface area contributed by atoms with Crippen molar-refractivity contribution < 1.29 is 8.81 Å². The highest BCUT2D eigenvalue weighted by Crippen LogP contribution is 2.27. The van der Waals surface area contributed by atoms with E-state index >= 15 is 0 Å². The van der Waals surface area contributed by atoms with Crippen LogP contribution in [0.4, 0.5) is 4.39 Å². The molecule has 21 heavy (non-hydrogen) atoms. The Labute approximate surface area is 133 Å². The van der Waals surface area contributed by atoms with E-state index in [0.29, 0.717) is 17.2 Å². The van der Waals surface area contributed by atoms with Gasteiger partial charge in [-0.1, -0.05) is 15.9 Å². The number of hydrogen-bond donors (Lipinski definition) is 1. The lowest BCUT2D eigenvalue weighted by Crippen LogP contribution is -2.36. The van der Waals surface area contributed by atoms with Crippen LogP contribution in [0.15, 0.2) is 33.3 Å². The molecule has 0 aliphatic heterocycles. The molecule has 1 aromatic carbocycles. The predicted octanol–water partition coefficient (Wildman–Crippen LogP) is 4.56. The van der Waals surface area contributed by atoms with Crippen LogP contribution < -0.4 is 5.32 Å². The van der Waals surface area contributed by atoms with Gasteiger partial charge in [-0.2, -0.15) is 0 Å². The second-order valence-corrected chi connectivity index (χ2v) is 6.94. The Morgan fingerprint density at radius 2 is 2.10 bits per heavy atom. The van der Waals surface area contributed by atoms with E-state index in [-0.39, 0.29) is 11.4 Å². The number of aromatic nitrogens is 1. The number of halogens is 2. The summed E-state index contributed by atoms with van der Waals surface area (Å²) in [6.45, 7) is 7.29. The molecule has 0 aliphatic rings. The van der Waals surface area contributed by atoms with Crippen LogP contribution in [0.5, 0.6) is 0 Å². The summed E-state index contributed by atoms with van der Waals surface area (Å²) < 4.78 is 20.2. The van der Waals surface area contributed by atoms with Crippen molar-refractivity contribution in [1.82, 2.24) is 10.3 Å². The Balaban J connectivity index is 1.97. The summed E-state index contributed by atoms with van der Waals surface area (Å²) in [4.78, 5) is 4.22. The molecule has 0 unspecified atom stereocenters. The number of rotatable bonds is 5. The average Bonchev–Trinajstić information content (AvgIpc) is 2.85. The van der Waals surface area contributed by atoms with Gasteiger partial charge in [0.25, 0.3) is 0 Å².